The molecule has 0 fully saturated rings. The van der Waals surface area contributed by atoms with Crippen LogP contribution in [0.5, 0.6) is 0 Å². The second-order valence-electron chi connectivity index (χ2n) is 20.3. The van der Waals surface area contributed by atoms with Crippen molar-refractivity contribution in [3.63, 3.8) is 0 Å². The molecule has 0 bridgehead atoms. The van der Waals surface area contributed by atoms with E-state index in [0.29, 0.717) is 0 Å². The Labute approximate surface area is 424 Å². The van der Waals surface area contributed by atoms with E-state index < -0.39 is 5.41 Å². The van der Waals surface area contributed by atoms with Crippen LogP contribution < -0.4 is 4.90 Å². The molecule has 3 heteroatoms. The summed E-state index contributed by atoms with van der Waals surface area (Å²) in [6.45, 7) is 4.74. The number of hydrogen-bond acceptors (Lipinski definition) is 2. The number of anilines is 3. The van der Waals surface area contributed by atoms with E-state index in [2.05, 4.69) is 278 Å². The van der Waals surface area contributed by atoms with Gasteiger partial charge in [0, 0.05) is 38.5 Å². The standard InChI is InChI=1S/C70H48N2O/c1-69(2)57-29-15-13-28-54(57)67-59(69)31-18-33-63(67)72(50-38-39-52-51-26-12-16-30-58(51)70(60(52)44-50,47-20-6-3-7-21-47)48-22-8-4-9-23-48)64-34-19-35-66-68(64)56-43-46(37-41-65(56)73-66)45-36-40-62-55(42-45)53-27-14-17-32-61(53)71(62)49-24-10-5-11-25-49/h3-44H,1-2H3. The van der Waals surface area contributed by atoms with Crippen molar-refractivity contribution in [1.82, 2.24) is 4.57 Å². The molecule has 2 aliphatic carbocycles. The molecule has 0 atom stereocenters. The summed E-state index contributed by atoms with van der Waals surface area (Å²) in [7, 11) is 0. The first-order valence-corrected chi connectivity index (χ1v) is 25.4. The molecule has 0 spiro atoms. The highest BCUT2D eigenvalue weighted by Crippen LogP contribution is 2.59. The van der Waals surface area contributed by atoms with Gasteiger partial charge in [0.1, 0.15) is 11.2 Å². The zero-order valence-electron chi connectivity index (χ0n) is 40.6. The highest BCUT2D eigenvalue weighted by molar-refractivity contribution is 6.16. The van der Waals surface area contributed by atoms with Gasteiger partial charge in [-0.2, -0.15) is 0 Å². The molecule has 2 aromatic heterocycles. The largest absolute Gasteiger partial charge is 0.456 e. The third kappa shape index (κ3) is 5.88. The first-order chi connectivity index (χ1) is 36.0. The SMILES string of the molecule is CC1(C)c2ccccc2-c2c(N(c3ccc4c(c3)C(c3ccccc3)(c3ccccc3)c3ccccc3-4)c3cccc4oc5ccc(-c6ccc7c(c6)c6ccccc6n7-c6ccccc6)cc5c34)cccc21. The van der Waals surface area contributed by atoms with Crippen molar-refractivity contribution in [2.24, 2.45) is 0 Å². The maximum absolute atomic E-state index is 6.90. The number of benzene rings is 11. The topological polar surface area (TPSA) is 21.3 Å². The summed E-state index contributed by atoms with van der Waals surface area (Å²) in [6.07, 6.45) is 0. The van der Waals surface area contributed by atoms with Crippen molar-refractivity contribution in [2.75, 3.05) is 4.90 Å². The van der Waals surface area contributed by atoms with Crippen LogP contribution in [-0.2, 0) is 10.8 Å². The van der Waals surface area contributed by atoms with Crippen LogP contribution in [0.2, 0.25) is 0 Å². The van der Waals surface area contributed by atoms with E-state index in [0.717, 1.165) is 55.8 Å². The molecule has 0 N–H and O–H groups in total. The molecule has 0 saturated carbocycles. The fraction of sp³-hybridized carbons (Fsp3) is 0.0571. The molecule has 2 heterocycles. The fourth-order valence-electron chi connectivity index (χ4n) is 13.1. The zero-order chi connectivity index (χ0) is 48.4. The second kappa shape index (κ2) is 15.7. The van der Waals surface area contributed by atoms with E-state index in [1.807, 2.05) is 0 Å². The first kappa shape index (κ1) is 41.6. The van der Waals surface area contributed by atoms with Gasteiger partial charge in [-0.3, -0.25) is 0 Å². The maximum atomic E-state index is 6.90. The van der Waals surface area contributed by atoms with E-state index in [1.54, 1.807) is 0 Å². The summed E-state index contributed by atoms with van der Waals surface area (Å²) in [5.41, 5.74) is 22.8. The average molecular weight is 933 g/mol. The van der Waals surface area contributed by atoms with Crippen molar-refractivity contribution >= 4 is 60.8 Å². The Balaban J connectivity index is 0.991. The Morgan fingerprint density at radius 2 is 0.973 bits per heavy atom. The number of fused-ring (bicyclic) bond motifs is 12. The van der Waals surface area contributed by atoms with Gasteiger partial charge in [-0.05, 0) is 134 Å². The van der Waals surface area contributed by atoms with Gasteiger partial charge in [-0.1, -0.05) is 196 Å². The van der Waals surface area contributed by atoms with E-state index in [9.17, 15) is 0 Å². The number of para-hydroxylation sites is 2. The predicted octanol–water partition coefficient (Wildman–Crippen LogP) is 18.5. The summed E-state index contributed by atoms with van der Waals surface area (Å²) >= 11 is 0. The Morgan fingerprint density at radius 3 is 1.75 bits per heavy atom. The van der Waals surface area contributed by atoms with Gasteiger partial charge < -0.3 is 13.9 Å². The molecule has 0 saturated heterocycles. The molecule has 344 valence electrons. The van der Waals surface area contributed by atoms with Crippen LogP contribution in [0.4, 0.5) is 17.1 Å². The summed E-state index contributed by atoms with van der Waals surface area (Å²) < 4.78 is 9.28. The van der Waals surface area contributed by atoms with E-state index in [-0.39, 0.29) is 5.41 Å². The van der Waals surface area contributed by atoms with Gasteiger partial charge in [0.25, 0.3) is 0 Å². The molecule has 0 unspecified atom stereocenters. The zero-order valence-corrected chi connectivity index (χ0v) is 40.6. The molecular formula is C70H48N2O. The third-order valence-electron chi connectivity index (χ3n) is 16.3. The summed E-state index contributed by atoms with van der Waals surface area (Å²) in [5, 5.41) is 4.61. The van der Waals surface area contributed by atoms with E-state index >= 15 is 0 Å². The van der Waals surface area contributed by atoms with Gasteiger partial charge in [-0.15, -0.1) is 0 Å². The average Bonchev–Trinajstić information content (AvgIpc) is 4.20. The molecule has 11 aromatic carbocycles. The van der Waals surface area contributed by atoms with Crippen LogP contribution in [0.1, 0.15) is 47.2 Å². The summed E-state index contributed by atoms with van der Waals surface area (Å²) in [6, 6.07) is 94.0. The smallest absolute Gasteiger partial charge is 0.137 e. The van der Waals surface area contributed by atoms with Crippen LogP contribution in [0.3, 0.4) is 0 Å². The molecule has 0 aliphatic heterocycles. The van der Waals surface area contributed by atoms with Gasteiger partial charge >= 0.3 is 0 Å². The number of nitrogens with zero attached hydrogens (tertiary/aromatic N) is 2. The van der Waals surface area contributed by atoms with Gasteiger partial charge in [0.2, 0.25) is 0 Å². The lowest BCUT2D eigenvalue weighted by molar-refractivity contribution is 0.660. The molecule has 0 radical (unpaired) electrons. The predicted molar refractivity (Wildman–Crippen MR) is 303 cm³/mol. The normalized spacial score (nSPS) is 13.8. The molecule has 13 aromatic rings. The lowest BCUT2D eigenvalue weighted by Gasteiger charge is -2.35. The number of furan rings is 1. The Kier molecular flexibility index (Phi) is 8.92. The Bertz CT molecular complexity index is 4310. The Morgan fingerprint density at radius 1 is 0.384 bits per heavy atom. The molecule has 73 heavy (non-hydrogen) atoms. The maximum Gasteiger partial charge on any atom is 0.137 e. The number of aromatic nitrogens is 1. The molecule has 3 nitrogen and oxygen atoms in total. The highest BCUT2D eigenvalue weighted by atomic mass is 16.3. The number of rotatable bonds is 7. The molecule has 2 aliphatic rings. The van der Waals surface area contributed by atoms with Gasteiger partial charge in [0.15, 0.2) is 0 Å². The van der Waals surface area contributed by atoms with Crippen LogP contribution in [0.15, 0.2) is 259 Å². The van der Waals surface area contributed by atoms with Crippen molar-refractivity contribution < 1.29 is 4.42 Å². The minimum Gasteiger partial charge on any atom is -0.456 e. The molecule has 15 rings (SSSR count). The van der Waals surface area contributed by atoms with Crippen molar-refractivity contribution in [3.05, 3.63) is 288 Å². The molecule has 0 amide bonds. The first-order valence-electron chi connectivity index (χ1n) is 25.4. The van der Waals surface area contributed by atoms with Crippen LogP contribution in [0.25, 0.3) is 82.8 Å². The quantitative estimate of drug-likeness (QED) is 0.159. The van der Waals surface area contributed by atoms with Crippen molar-refractivity contribution in [2.45, 2.75) is 24.7 Å². The minimum atomic E-state index is -0.568. The van der Waals surface area contributed by atoms with Crippen molar-refractivity contribution in [3.8, 4) is 39.1 Å². The lowest BCUT2D eigenvalue weighted by atomic mass is 9.67. The van der Waals surface area contributed by atoms with Crippen LogP contribution >= 0.6 is 0 Å². The van der Waals surface area contributed by atoms with Gasteiger partial charge in [0.05, 0.1) is 33.2 Å². The Hall–Kier alpha value is -9.18. The van der Waals surface area contributed by atoms with E-state index in [1.165, 1.54) is 77.4 Å². The lowest BCUT2D eigenvalue weighted by Crippen LogP contribution is -2.28. The fourth-order valence-corrected chi connectivity index (χ4v) is 13.1. The number of hydrogen-bond donors (Lipinski definition) is 0. The molecular weight excluding hydrogens is 885 g/mol. The second-order valence-corrected chi connectivity index (χ2v) is 20.3. The van der Waals surface area contributed by atoms with Crippen LogP contribution in [0, 0.1) is 0 Å². The minimum absolute atomic E-state index is 0.194. The van der Waals surface area contributed by atoms with Crippen LogP contribution in [-0.4, -0.2) is 4.57 Å². The van der Waals surface area contributed by atoms with E-state index in [4.69, 9.17) is 4.42 Å². The van der Waals surface area contributed by atoms with Crippen molar-refractivity contribution in [1.29, 1.82) is 0 Å². The third-order valence-corrected chi connectivity index (χ3v) is 16.3. The summed E-state index contributed by atoms with van der Waals surface area (Å²) in [4.78, 5) is 2.54. The van der Waals surface area contributed by atoms with Gasteiger partial charge in [-0.25, -0.2) is 0 Å². The summed E-state index contributed by atoms with van der Waals surface area (Å²) in [5.74, 6) is 0. The monoisotopic (exact) mass is 932 g/mol. The highest BCUT2D eigenvalue weighted by Gasteiger charge is 2.47.